The summed E-state index contributed by atoms with van der Waals surface area (Å²) in [6.45, 7) is 1.69. The number of urea groups is 1. The molecule has 1 aliphatic heterocycles. The topological polar surface area (TPSA) is 96.3 Å². The van der Waals surface area contributed by atoms with E-state index >= 15 is 0 Å². The number of nitrogens with zero attached hydrogens (tertiary/aromatic N) is 3. The molecule has 166 valence electrons. The Morgan fingerprint density at radius 2 is 1.84 bits per heavy atom. The van der Waals surface area contributed by atoms with Crippen molar-refractivity contribution >= 4 is 21.7 Å². The fourth-order valence-electron chi connectivity index (χ4n) is 5.29. The van der Waals surface area contributed by atoms with Crippen molar-refractivity contribution in [2.24, 2.45) is 0 Å². The molecule has 1 atom stereocenters. The summed E-state index contributed by atoms with van der Waals surface area (Å²) in [6.07, 6.45) is 9.90. The van der Waals surface area contributed by atoms with Crippen LogP contribution in [0.5, 0.6) is 0 Å². The van der Waals surface area contributed by atoms with Crippen molar-refractivity contribution < 1.29 is 13.2 Å². The van der Waals surface area contributed by atoms with Crippen LogP contribution in [0.15, 0.2) is 23.4 Å². The summed E-state index contributed by atoms with van der Waals surface area (Å²) in [5.41, 5.74) is 5.73. The summed E-state index contributed by atoms with van der Waals surface area (Å²) >= 11 is 0. The highest BCUT2D eigenvalue weighted by Crippen LogP contribution is 2.38. The third kappa shape index (κ3) is 3.96. The van der Waals surface area contributed by atoms with Gasteiger partial charge in [0, 0.05) is 17.9 Å². The second-order valence-electron chi connectivity index (χ2n) is 8.95. The van der Waals surface area contributed by atoms with E-state index < -0.39 is 16.1 Å². The number of likely N-dealkylation sites (N-methyl/N-ethyl adjacent to an activating group) is 1. The fraction of sp³-hybridized carbons (Fsp3) is 0.545. The zero-order valence-corrected chi connectivity index (χ0v) is 18.7. The molecule has 0 radical (unpaired) electrons. The number of rotatable bonds is 5. The van der Waals surface area contributed by atoms with Gasteiger partial charge < -0.3 is 10.2 Å². The molecule has 8 nitrogen and oxygen atoms in total. The van der Waals surface area contributed by atoms with Gasteiger partial charge in [-0.1, -0.05) is 6.07 Å². The molecule has 0 bridgehead atoms. The Morgan fingerprint density at radius 3 is 2.48 bits per heavy atom. The van der Waals surface area contributed by atoms with Crippen molar-refractivity contribution in [1.82, 2.24) is 19.4 Å². The van der Waals surface area contributed by atoms with E-state index in [1.807, 2.05) is 0 Å². The average Bonchev–Trinajstić information content (AvgIpc) is 3.49. The predicted molar refractivity (Wildman–Crippen MR) is 118 cm³/mol. The van der Waals surface area contributed by atoms with Crippen molar-refractivity contribution in [1.29, 1.82) is 0 Å². The van der Waals surface area contributed by atoms with Crippen molar-refractivity contribution in [2.45, 2.75) is 69.0 Å². The summed E-state index contributed by atoms with van der Waals surface area (Å²) in [5.74, 6) is 0. The van der Waals surface area contributed by atoms with Crippen LogP contribution in [0.1, 0.15) is 47.9 Å². The van der Waals surface area contributed by atoms with Crippen LogP contribution in [0.2, 0.25) is 0 Å². The fourth-order valence-corrected chi connectivity index (χ4v) is 6.15. The lowest BCUT2D eigenvalue weighted by molar-refractivity contribution is 0.256. The van der Waals surface area contributed by atoms with Gasteiger partial charge in [0.05, 0.1) is 6.54 Å². The first-order chi connectivity index (χ1) is 14.9. The van der Waals surface area contributed by atoms with Crippen LogP contribution < -0.4 is 10.0 Å². The van der Waals surface area contributed by atoms with Gasteiger partial charge in [0.25, 0.3) is 10.0 Å². The second kappa shape index (κ2) is 7.94. The number of likely N-dealkylation sites (tertiary alicyclic amines) is 1. The van der Waals surface area contributed by atoms with Gasteiger partial charge in [-0.2, -0.15) is 13.5 Å². The maximum absolute atomic E-state index is 12.8. The summed E-state index contributed by atoms with van der Waals surface area (Å²) in [6, 6.07) is 3.36. The molecule has 0 spiro atoms. The zero-order valence-electron chi connectivity index (χ0n) is 17.9. The molecular formula is C22H29N5O3S. The molecule has 2 aromatic rings. The molecule has 1 saturated heterocycles. The second-order valence-corrected chi connectivity index (χ2v) is 10.6. The Kier molecular flexibility index (Phi) is 5.26. The van der Waals surface area contributed by atoms with Gasteiger partial charge in [0.1, 0.15) is 0 Å². The molecule has 9 heteroatoms. The molecule has 2 amide bonds. The van der Waals surface area contributed by atoms with E-state index in [1.165, 1.54) is 17.2 Å². The largest absolute Gasteiger partial charge is 0.333 e. The van der Waals surface area contributed by atoms with Gasteiger partial charge in [-0.25, -0.2) is 9.52 Å². The van der Waals surface area contributed by atoms with E-state index in [1.54, 1.807) is 10.9 Å². The SMILES string of the molecule is CN1CCC[C@@H]1Cn1ccc(S(=O)(=O)NC(=O)Nc2c3c(cc4c2CCC4)CCC3)n1. The molecule has 0 saturated carbocycles. The number of anilines is 1. The van der Waals surface area contributed by atoms with E-state index in [0.29, 0.717) is 12.6 Å². The van der Waals surface area contributed by atoms with Gasteiger partial charge in [-0.3, -0.25) is 4.68 Å². The van der Waals surface area contributed by atoms with E-state index in [4.69, 9.17) is 0 Å². The average molecular weight is 444 g/mol. The lowest BCUT2D eigenvalue weighted by Gasteiger charge is -2.19. The molecule has 1 aromatic carbocycles. The molecular weight excluding hydrogens is 414 g/mol. The third-order valence-electron chi connectivity index (χ3n) is 6.90. The number of sulfonamides is 1. The predicted octanol–water partition coefficient (Wildman–Crippen LogP) is 2.47. The highest BCUT2D eigenvalue weighted by molar-refractivity contribution is 7.90. The van der Waals surface area contributed by atoms with Crippen LogP contribution in [0.25, 0.3) is 0 Å². The minimum atomic E-state index is -4.04. The Morgan fingerprint density at radius 1 is 1.13 bits per heavy atom. The monoisotopic (exact) mass is 443 g/mol. The molecule has 0 unspecified atom stereocenters. The van der Waals surface area contributed by atoms with Crippen LogP contribution in [0, 0.1) is 0 Å². The van der Waals surface area contributed by atoms with Gasteiger partial charge in [-0.15, -0.1) is 0 Å². The number of benzene rings is 1. The normalized spacial score (nSPS) is 20.6. The zero-order chi connectivity index (χ0) is 21.6. The van der Waals surface area contributed by atoms with Crippen molar-refractivity contribution in [3.8, 4) is 0 Å². The number of fused-ring (bicyclic) bond motifs is 2. The summed E-state index contributed by atoms with van der Waals surface area (Å²) in [4.78, 5) is 14.9. The van der Waals surface area contributed by atoms with Crippen LogP contribution >= 0.6 is 0 Å². The minimum Gasteiger partial charge on any atom is -0.307 e. The number of nitrogens with one attached hydrogen (secondary N) is 2. The van der Waals surface area contributed by atoms with E-state index in [0.717, 1.165) is 74.7 Å². The Hall–Kier alpha value is -2.39. The maximum atomic E-state index is 12.8. The highest BCUT2D eigenvalue weighted by Gasteiger charge is 2.27. The third-order valence-corrected chi connectivity index (χ3v) is 8.12. The first-order valence-electron chi connectivity index (χ1n) is 11.1. The van der Waals surface area contributed by atoms with Crippen LogP contribution in [-0.4, -0.2) is 48.8 Å². The molecule has 1 aromatic heterocycles. The van der Waals surface area contributed by atoms with E-state index in [2.05, 4.69) is 33.2 Å². The summed E-state index contributed by atoms with van der Waals surface area (Å²) in [5, 5.41) is 6.95. The van der Waals surface area contributed by atoms with Crippen LogP contribution in [-0.2, 0) is 42.3 Å². The van der Waals surface area contributed by atoms with Crippen molar-refractivity contribution in [3.05, 3.63) is 40.6 Å². The first-order valence-corrected chi connectivity index (χ1v) is 12.6. The summed E-state index contributed by atoms with van der Waals surface area (Å²) < 4.78 is 29.3. The van der Waals surface area contributed by atoms with Crippen LogP contribution in [0.4, 0.5) is 10.5 Å². The molecule has 3 aliphatic rings. The first kappa shape index (κ1) is 20.5. The van der Waals surface area contributed by atoms with E-state index in [9.17, 15) is 13.2 Å². The number of hydrogen-bond acceptors (Lipinski definition) is 5. The smallest absolute Gasteiger partial charge is 0.307 e. The standard InChI is InChI=1S/C22H29N5O3S/c1-26-11-4-7-17(26)14-27-12-10-20(24-27)31(29,30)25-22(28)23-21-18-8-2-5-15(18)13-16-6-3-9-19(16)21/h10,12-13,17H,2-9,11,14H2,1H3,(H2,23,25,28)/t17-/m1/s1. The van der Waals surface area contributed by atoms with Crippen LogP contribution in [0.3, 0.4) is 0 Å². The number of aromatic nitrogens is 2. The van der Waals surface area contributed by atoms with Gasteiger partial charge in [0.15, 0.2) is 5.03 Å². The Labute approximate surface area is 183 Å². The lowest BCUT2D eigenvalue weighted by atomic mass is 9.99. The molecule has 31 heavy (non-hydrogen) atoms. The van der Waals surface area contributed by atoms with Crippen molar-refractivity contribution in [2.75, 3.05) is 18.9 Å². The number of hydrogen-bond donors (Lipinski definition) is 2. The Balaban J connectivity index is 1.30. The molecule has 5 rings (SSSR count). The highest BCUT2D eigenvalue weighted by atomic mass is 32.2. The molecule has 2 aliphatic carbocycles. The number of carbonyl (C=O) groups is 1. The van der Waals surface area contributed by atoms with Gasteiger partial charge >= 0.3 is 6.03 Å². The Bertz CT molecular complexity index is 1090. The molecule has 2 heterocycles. The summed E-state index contributed by atoms with van der Waals surface area (Å²) in [7, 11) is -1.97. The molecule has 2 N–H and O–H groups in total. The number of carbonyl (C=O) groups excluding carboxylic acids is 1. The van der Waals surface area contributed by atoms with Gasteiger partial charge in [-0.05, 0) is 93.3 Å². The number of aryl methyl sites for hydroxylation is 2. The molecule has 1 fully saturated rings. The maximum Gasteiger partial charge on any atom is 0.333 e. The van der Waals surface area contributed by atoms with Crippen molar-refractivity contribution in [3.63, 3.8) is 0 Å². The minimum absolute atomic E-state index is 0.133. The quantitative estimate of drug-likeness (QED) is 0.740. The lowest BCUT2D eigenvalue weighted by Crippen LogP contribution is -2.35. The number of amides is 2. The van der Waals surface area contributed by atoms with E-state index in [-0.39, 0.29) is 5.03 Å². The van der Waals surface area contributed by atoms with Gasteiger partial charge in [0.2, 0.25) is 0 Å².